The summed E-state index contributed by atoms with van der Waals surface area (Å²) in [5, 5.41) is 40.2. The van der Waals surface area contributed by atoms with Crippen LogP contribution in [0.15, 0.2) is 72.9 Å². The molecule has 6 atom stereocenters. The van der Waals surface area contributed by atoms with Crippen LogP contribution in [0.25, 0.3) is 0 Å². The zero-order chi connectivity index (χ0) is 48.0. The van der Waals surface area contributed by atoms with Gasteiger partial charge < -0.3 is 39.4 Å². The number of carbonyl (C=O) groups excluding carboxylic acids is 2. The molecule has 0 radical (unpaired) electrons. The summed E-state index contributed by atoms with van der Waals surface area (Å²) in [6.07, 6.45) is 52.2. The first-order valence-corrected chi connectivity index (χ1v) is 26.5. The first kappa shape index (κ1) is 61.2. The highest BCUT2D eigenvalue weighted by molar-refractivity contribution is 5.70. The van der Waals surface area contributed by atoms with Gasteiger partial charge >= 0.3 is 11.9 Å². The Morgan fingerprint density at radius 1 is 0.485 bits per heavy atom. The Kier molecular flexibility index (Phi) is 42.5. The lowest BCUT2D eigenvalue weighted by Gasteiger charge is -2.39. The van der Waals surface area contributed by atoms with E-state index in [1.54, 1.807) is 0 Å². The van der Waals surface area contributed by atoms with Crippen LogP contribution in [0.2, 0.25) is 0 Å². The zero-order valence-corrected chi connectivity index (χ0v) is 41.7. The molecule has 10 nitrogen and oxygen atoms in total. The van der Waals surface area contributed by atoms with Crippen molar-refractivity contribution in [2.75, 3.05) is 19.8 Å². The minimum absolute atomic E-state index is 0.103. The van der Waals surface area contributed by atoms with Crippen LogP contribution in [-0.4, -0.2) is 89.0 Å². The van der Waals surface area contributed by atoms with Crippen LogP contribution in [0.3, 0.4) is 0 Å². The monoisotopic (exact) mass is 929 g/mol. The van der Waals surface area contributed by atoms with Crippen molar-refractivity contribution in [3.8, 4) is 0 Å². The molecule has 66 heavy (non-hydrogen) atoms. The Hall–Kier alpha value is -2.86. The van der Waals surface area contributed by atoms with Crippen molar-refractivity contribution in [1.82, 2.24) is 0 Å². The molecule has 0 aliphatic carbocycles. The predicted molar refractivity (Wildman–Crippen MR) is 270 cm³/mol. The highest BCUT2D eigenvalue weighted by Crippen LogP contribution is 2.23. The van der Waals surface area contributed by atoms with Crippen molar-refractivity contribution >= 4 is 11.9 Å². The summed E-state index contributed by atoms with van der Waals surface area (Å²) >= 11 is 0. The lowest BCUT2D eigenvalue weighted by molar-refractivity contribution is -0.305. The smallest absolute Gasteiger partial charge is 0.306 e. The van der Waals surface area contributed by atoms with E-state index in [1.807, 2.05) is 12.2 Å². The summed E-state index contributed by atoms with van der Waals surface area (Å²) in [4.78, 5) is 25.4. The van der Waals surface area contributed by atoms with Gasteiger partial charge in [-0.1, -0.05) is 222 Å². The van der Waals surface area contributed by atoms with Crippen LogP contribution >= 0.6 is 0 Å². The third-order valence-corrected chi connectivity index (χ3v) is 11.9. The van der Waals surface area contributed by atoms with Crippen LogP contribution in [0.5, 0.6) is 0 Å². The first-order chi connectivity index (χ1) is 32.3. The molecule has 0 aromatic rings. The lowest BCUT2D eigenvalue weighted by Crippen LogP contribution is -2.59. The molecule has 1 rings (SSSR count). The summed E-state index contributed by atoms with van der Waals surface area (Å²) in [6.45, 7) is 3.26. The summed E-state index contributed by atoms with van der Waals surface area (Å²) in [6, 6.07) is 0. The number of aliphatic hydroxyl groups excluding tert-OH is 4. The van der Waals surface area contributed by atoms with E-state index >= 15 is 0 Å². The maximum atomic E-state index is 12.8. The molecule has 0 aromatic carbocycles. The molecule has 0 aromatic heterocycles. The van der Waals surface area contributed by atoms with Gasteiger partial charge in [-0.25, -0.2) is 0 Å². The number of ether oxygens (including phenoxy) is 4. The Bertz CT molecular complexity index is 1300. The summed E-state index contributed by atoms with van der Waals surface area (Å²) in [5.74, 6) is -0.900. The van der Waals surface area contributed by atoms with Gasteiger partial charge in [0.05, 0.1) is 13.2 Å². The molecule has 1 saturated heterocycles. The molecule has 0 saturated carbocycles. The number of rotatable bonds is 44. The molecule has 0 spiro atoms. The molecule has 1 heterocycles. The van der Waals surface area contributed by atoms with Crippen molar-refractivity contribution in [3.05, 3.63) is 72.9 Å². The van der Waals surface area contributed by atoms with E-state index < -0.39 is 55.4 Å². The van der Waals surface area contributed by atoms with Gasteiger partial charge in [-0.3, -0.25) is 9.59 Å². The first-order valence-electron chi connectivity index (χ1n) is 26.5. The molecule has 1 fully saturated rings. The number of allylic oxidation sites excluding steroid dienone is 12. The van der Waals surface area contributed by atoms with E-state index in [0.29, 0.717) is 6.42 Å². The number of unbranched alkanes of at least 4 members (excludes halogenated alkanes) is 21. The minimum Gasteiger partial charge on any atom is -0.462 e. The lowest BCUT2D eigenvalue weighted by atomic mass is 9.99. The Labute approximate surface area is 402 Å². The highest BCUT2D eigenvalue weighted by Gasteiger charge is 2.44. The number of aliphatic hydroxyl groups is 4. The largest absolute Gasteiger partial charge is 0.462 e. The topological polar surface area (TPSA) is 152 Å². The van der Waals surface area contributed by atoms with Gasteiger partial charge in [0, 0.05) is 12.8 Å². The van der Waals surface area contributed by atoms with Crippen molar-refractivity contribution in [2.45, 2.75) is 250 Å². The third kappa shape index (κ3) is 36.2. The average molecular weight is 929 g/mol. The molecule has 10 heteroatoms. The molecule has 0 amide bonds. The molecular formula is C56H96O10. The van der Waals surface area contributed by atoms with Gasteiger partial charge in [-0.15, -0.1) is 0 Å². The quantitative estimate of drug-likeness (QED) is 0.0264. The number of carbonyl (C=O) groups is 2. The molecule has 1 aliphatic heterocycles. The van der Waals surface area contributed by atoms with Gasteiger partial charge in [0.2, 0.25) is 0 Å². The fourth-order valence-corrected chi connectivity index (χ4v) is 7.75. The van der Waals surface area contributed by atoms with E-state index in [1.165, 1.54) is 122 Å². The van der Waals surface area contributed by atoms with Crippen LogP contribution in [0.1, 0.15) is 213 Å². The maximum absolute atomic E-state index is 12.8. The predicted octanol–water partition coefficient (Wildman–Crippen LogP) is 12.7. The Morgan fingerprint density at radius 3 is 1.32 bits per heavy atom. The Balaban J connectivity index is 2.28. The molecule has 0 bridgehead atoms. The van der Waals surface area contributed by atoms with E-state index in [4.69, 9.17) is 18.9 Å². The third-order valence-electron chi connectivity index (χ3n) is 11.9. The Morgan fingerprint density at radius 2 is 0.894 bits per heavy atom. The zero-order valence-electron chi connectivity index (χ0n) is 41.7. The van der Waals surface area contributed by atoms with Gasteiger partial charge in [-0.05, 0) is 51.4 Å². The second-order valence-corrected chi connectivity index (χ2v) is 18.0. The molecular weight excluding hydrogens is 833 g/mol. The van der Waals surface area contributed by atoms with Crippen molar-refractivity contribution in [2.24, 2.45) is 0 Å². The van der Waals surface area contributed by atoms with E-state index in [-0.39, 0.29) is 26.1 Å². The van der Waals surface area contributed by atoms with Crippen LogP contribution < -0.4 is 0 Å². The van der Waals surface area contributed by atoms with Crippen LogP contribution in [0.4, 0.5) is 0 Å². The number of hydrogen-bond donors (Lipinski definition) is 4. The standard InChI is InChI=1S/C56H96O10/c1-3-5-7-9-11-13-15-17-19-21-23-24-25-27-28-30-32-34-36-38-40-42-44-51(58)63-47-49(48-64-56-55(62)54(61)53(60)50(46-57)66-56)65-52(59)45-43-41-39-37-35-33-31-29-26-22-20-18-16-14-12-10-8-6-4-2/h6,8,12,14,18,20,26,29,33,35,39,41,49-50,53-57,60-62H,3-5,7,9-11,13,15-17,19,21-25,27-28,30-32,34,36-38,40,42-48H2,1-2H3/b8-6+,14-12+,20-18+,29-26+,35-33+,41-39+/t49-,50-,53+,54?,55?,56-/m0/s1. The summed E-state index contributed by atoms with van der Waals surface area (Å²) < 4.78 is 22.2. The van der Waals surface area contributed by atoms with Crippen molar-refractivity contribution in [3.63, 3.8) is 0 Å². The molecule has 380 valence electrons. The summed E-state index contributed by atoms with van der Waals surface area (Å²) in [7, 11) is 0. The van der Waals surface area contributed by atoms with Gasteiger partial charge in [-0.2, -0.15) is 0 Å². The number of hydrogen-bond acceptors (Lipinski definition) is 10. The molecule has 1 aliphatic rings. The van der Waals surface area contributed by atoms with Crippen molar-refractivity contribution in [1.29, 1.82) is 0 Å². The highest BCUT2D eigenvalue weighted by atomic mass is 16.7. The molecule has 2 unspecified atom stereocenters. The van der Waals surface area contributed by atoms with E-state index in [2.05, 4.69) is 74.6 Å². The SMILES string of the molecule is CC/C=C/C/C=C/C/C=C/C/C=C/C/C=C/C/C=C/CCC(=O)O[C@@H](COC(=O)CCCCCCCCCCCCCCCCCCCCCCCC)CO[C@H]1O[C@@H](CO)[C@@H](O)C(O)C1O. The van der Waals surface area contributed by atoms with Crippen LogP contribution in [0, 0.1) is 0 Å². The average Bonchev–Trinajstić information content (AvgIpc) is 3.32. The maximum Gasteiger partial charge on any atom is 0.306 e. The van der Waals surface area contributed by atoms with Gasteiger partial charge in [0.15, 0.2) is 12.4 Å². The second-order valence-electron chi connectivity index (χ2n) is 18.0. The second kappa shape index (κ2) is 45.9. The number of esters is 2. The normalized spacial score (nSPS) is 19.8. The van der Waals surface area contributed by atoms with Crippen LogP contribution in [-0.2, 0) is 28.5 Å². The van der Waals surface area contributed by atoms with Gasteiger partial charge in [0.1, 0.15) is 31.0 Å². The minimum atomic E-state index is -1.61. The summed E-state index contributed by atoms with van der Waals surface area (Å²) in [5.41, 5.74) is 0. The van der Waals surface area contributed by atoms with Gasteiger partial charge in [0.25, 0.3) is 0 Å². The fraction of sp³-hybridized carbons (Fsp3) is 0.750. The van der Waals surface area contributed by atoms with Crippen molar-refractivity contribution < 1.29 is 49.0 Å². The van der Waals surface area contributed by atoms with E-state index in [0.717, 1.165) is 57.8 Å². The van der Waals surface area contributed by atoms with E-state index in [9.17, 15) is 30.0 Å². The molecule has 4 N–H and O–H groups in total. The fourth-order valence-electron chi connectivity index (χ4n) is 7.75.